The van der Waals surface area contributed by atoms with Gasteiger partial charge in [0.25, 0.3) is 0 Å². The fourth-order valence-electron chi connectivity index (χ4n) is 2.05. The lowest BCUT2D eigenvalue weighted by Crippen LogP contribution is -2.39. The van der Waals surface area contributed by atoms with Crippen molar-refractivity contribution in [1.82, 2.24) is 5.32 Å². The largest absolute Gasteiger partial charge is 0.467 e. The molecule has 0 radical (unpaired) electrons. The number of rotatable bonds is 7. The molecule has 110 valence electrons. The van der Waals surface area contributed by atoms with E-state index in [1.807, 2.05) is 30.5 Å². The molecule has 0 amide bonds. The normalized spacial score (nSPS) is 16.0. The minimum Gasteiger partial charge on any atom is -0.467 e. The zero-order valence-corrected chi connectivity index (χ0v) is 13.8. The van der Waals surface area contributed by atoms with Gasteiger partial charge in [0.15, 0.2) is 0 Å². The van der Waals surface area contributed by atoms with Gasteiger partial charge in [-0.2, -0.15) is 11.8 Å². The topological polar surface area (TPSA) is 45.4 Å². The van der Waals surface area contributed by atoms with Gasteiger partial charge in [-0.15, -0.1) is 11.3 Å². The number of nitrogens with one attached hydrogen (secondary N) is 1. The van der Waals surface area contributed by atoms with Crippen molar-refractivity contribution in [2.24, 2.45) is 0 Å². The number of hydrogen-bond donors (Lipinski definition) is 2. The third kappa shape index (κ3) is 3.80. The first-order chi connectivity index (χ1) is 9.65. The Morgan fingerprint density at radius 3 is 2.75 bits per heavy atom. The minimum atomic E-state index is -0.0429. The van der Waals surface area contributed by atoms with Gasteiger partial charge in [0.05, 0.1) is 17.2 Å². The van der Waals surface area contributed by atoms with E-state index in [2.05, 4.69) is 12.2 Å². The van der Waals surface area contributed by atoms with Crippen LogP contribution in [-0.2, 0) is 0 Å². The Balaban J connectivity index is 2.20. The Hall–Kier alpha value is -0.460. The maximum absolute atomic E-state index is 9.41. The maximum atomic E-state index is 9.41. The van der Waals surface area contributed by atoms with Crippen molar-refractivity contribution < 1.29 is 9.52 Å². The summed E-state index contributed by atoms with van der Waals surface area (Å²) in [7, 11) is 0. The third-order valence-corrected chi connectivity index (χ3v) is 5.63. The summed E-state index contributed by atoms with van der Waals surface area (Å²) in [4.78, 5) is 1.11. The van der Waals surface area contributed by atoms with Gasteiger partial charge in [-0.05, 0) is 37.4 Å². The predicted molar refractivity (Wildman–Crippen MR) is 86.9 cm³/mol. The molecule has 0 aliphatic carbocycles. The van der Waals surface area contributed by atoms with E-state index in [0.29, 0.717) is 0 Å². The van der Waals surface area contributed by atoms with Crippen LogP contribution in [0.4, 0.5) is 0 Å². The fourth-order valence-corrected chi connectivity index (χ4v) is 3.82. The Morgan fingerprint density at radius 2 is 2.25 bits per heavy atom. The number of aliphatic hydroxyl groups excluding tert-OH is 1. The SMILES string of the molecule is CSC(CO)C(C)NC(c1ccco1)c1ccc(Cl)s1. The summed E-state index contributed by atoms with van der Waals surface area (Å²) in [5, 5.41) is 13.1. The van der Waals surface area contributed by atoms with E-state index >= 15 is 0 Å². The molecule has 2 N–H and O–H groups in total. The van der Waals surface area contributed by atoms with Crippen molar-refractivity contribution >= 4 is 34.7 Å². The molecule has 0 saturated carbocycles. The van der Waals surface area contributed by atoms with Crippen LogP contribution in [0.5, 0.6) is 0 Å². The van der Waals surface area contributed by atoms with Crippen LogP contribution in [0.3, 0.4) is 0 Å². The molecule has 0 aliphatic rings. The van der Waals surface area contributed by atoms with Gasteiger partial charge in [0.1, 0.15) is 11.8 Å². The first kappa shape index (κ1) is 15.9. The summed E-state index contributed by atoms with van der Waals surface area (Å²) in [5.74, 6) is 0.855. The lowest BCUT2D eigenvalue weighted by Gasteiger charge is -2.26. The smallest absolute Gasteiger partial charge is 0.126 e. The molecule has 0 aliphatic heterocycles. The zero-order chi connectivity index (χ0) is 14.5. The average Bonchev–Trinajstić information content (AvgIpc) is 3.09. The summed E-state index contributed by atoms with van der Waals surface area (Å²) >= 11 is 9.22. The summed E-state index contributed by atoms with van der Waals surface area (Å²) in [5.41, 5.74) is 0. The van der Waals surface area contributed by atoms with Crippen LogP contribution >= 0.6 is 34.7 Å². The monoisotopic (exact) mass is 331 g/mol. The average molecular weight is 332 g/mol. The fraction of sp³-hybridized carbons (Fsp3) is 0.429. The van der Waals surface area contributed by atoms with Gasteiger partial charge >= 0.3 is 0 Å². The molecule has 6 heteroatoms. The molecule has 3 atom stereocenters. The molecule has 2 heterocycles. The molecular weight excluding hydrogens is 314 g/mol. The Bertz CT molecular complexity index is 511. The first-order valence-electron chi connectivity index (χ1n) is 6.34. The molecule has 20 heavy (non-hydrogen) atoms. The van der Waals surface area contributed by atoms with Gasteiger partial charge in [-0.3, -0.25) is 5.32 Å². The van der Waals surface area contributed by atoms with Crippen LogP contribution < -0.4 is 5.32 Å². The van der Waals surface area contributed by atoms with Crippen molar-refractivity contribution in [3.63, 3.8) is 0 Å². The van der Waals surface area contributed by atoms with E-state index < -0.39 is 0 Å². The Morgan fingerprint density at radius 1 is 1.45 bits per heavy atom. The highest BCUT2D eigenvalue weighted by molar-refractivity contribution is 7.99. The molecule has 2 rings (SSSR count). The van der Waals surface area contributed by atoms with E-state index in [-0.39, 0.29) is 23.9 Å². The Kier molecular flexibility index (Phi) is 5.99. The van der Waals surface area contributed by atoms with Crippen molar-refractivity contribution in [2.45, 2.75) is 24.3 Å². The molecule has 2 aromatic rings. The predicted octanol–water partition coefficient (Wildman–Crippen LogP) is 3.79. The summed E-state index contributed by atoms with van der Waals surface area (Å²) in [6, 6.07) is 7.83. The third-order valence-electron chi connectivity index (χ3n) is 3.18. The van der Waals surface area contributed by atoms with Crippen LogP contribution in [0.2, 0.25) is 4.34 Å². The number of aliphatic hydroxyl groups is 1. The molecule has 0 saturated heterocycles. The van der Waals surface area contributed by atoms with E-state index in [4.69, 9.17) is 16.0 Å². The molecule has 0 aromatic carbocycles. The second-order valence-corrected chi connectivity index (χ2v) is 7.33. The second-order valence-electron chi connectivity index (χ2n) is 4.50. The molecule has 2 aromatic heterocycles. The summed E-state index contributed by atoms with van der Waals surface area (Å²) < 4.78 is 6.30. The summed E-state index contributed by atoms with van der Waals surface area (Å²) in [6.45, 7) is 2.22. The first-order valence-corrected chi connectivity index (χ1v) is 8.82. The van der Waals surface area contributed by atoms with Crippen LogP contribution in [0, 0.1) is 0 Å². The van der Waals surface area contributed by atoms with Crippen molar-refractivity contribution in [2.75, 3.05) is 12.9 Å². The molecular formula is C14H18ClNO2S2. The van der Waals surface area contributed by atoms with Crippen LogP contribution in [-0.4, -0.2) is 29.3 Å². The van der Waals surface area contributed by atoms with Gasteiger partial charge < -0.3 is 9.52 Å². The van der Waals surface area contributed by atoms with Crippen molar-refractivity contribution in [3.05, 3.63) is 45.5 Å². The highest BCUT2D eigenvalue weighted by Crippen LogP contribution is 2.32. The van der Waals surface area contributed by atoms with E-state index in [9.17, 15) is 5.11 Å². The summed E-state index contributed by atoms with van der Waals surface area (Å²) in [6.07, 6.45) is 3.67. The maximum Gasteiger partial charge on any atom is 0.126 e. The van der Waals surface area contributed by atoms with Crippen LogP contribution in [0.25, 0.3) is 0 Å². The van der Waals surface area contributed by atoms with Gasteiger partial charge in [0, 0.05) is 16.2 Å². The van der Waals surface area contributed by atoms with Gasteiger partial charge in [0.2, 0.25) is 0 Å². The molecule has 0 spiro atoms. The highest BCUT2D eigenvalue weighted by atomic mass is 35.5. The van der Waals surface area contributed by atoms with Crippen molar-refractivity contribution in [1.29, 1.82) is 0 Å². The Labute approximate surface area is 132 Å². The molecule has 3 nitrogen and oxygen atoms in total. The number of furan rings is 1. The zero-order valence-electron chi connectivity index (χ0n) is 11.4. The van der Waals surface area contributed by atoms with Crippen LogP contribution in [0.1, 0.15) is 23.6 Å². The van der Waals surface area contributed by atoms with E-state index in [1.54, 1.807) is 18.0 Å². The molecule has 0 fully saturated rings. The van der Waals surface area contributed by atoms with Gasteiger partial charge in [-0.1, -0.05) is 11.6 Å². The molecule has 3 unspecified atom stereocenters. The number of halogens is 1. The quantitative estimate of drug-likeness (QED) is 0.810. The van der Waals surface area contributed by atoms with Crippen molar-refractivity contribution in [3.8, 4) is 0 Å². The highest BCUT2D eigenvalue weighted by Gasteiger charge is 2.24. The number of thioether (sulfide) groups is 1. The number of thiophene rings is 1. The number of hydrogen-bond acceptors (Lipinski definition) is 5. The van der Waals surface area contributed by atoms with E-state index in [0.717, 1.165) is 15.0 Å². The second kappa shape index (κ2) is 7.52. The molecule has 0 bridgehead atoms. The van der Waals surface area contributed by atoms with Crippen LogP contribution in [0.15, 0.2) is 34.9 Å². The van der Waals surface area contributed by atoms with E-state index in [1.165, 1.54) is 11.3 Å². The lowest BCUT2D eigenvalue weighted by atomic mass is 10.1. The van der Waals surface area contributed by atoms with Gasteiger partial charge in [-0.25, -0.2) is 0 Å². The standard InChI is InChI=1S/C14H18ClNO2S2/c1-9(12(8-17)19-2)16-14(10-4-3-7-18-10)11-5-6-13(15)20-11/h3-7,9,12,14,16-17H,8H2,1-2H3. The lowest BCUT2D eigenvalue weighted by molar-refractivity contribution is 0.270. The minimum absolute atomic E-state index is 0.0429.